The van der Waals surface area contributed by atoms with Gasteiger partial charge in [-0.05, 0) is 29.8 Å². The number of halogens is 1. The van der Waals surface area contributed by atoms with Gasteiger partial charge in [-0.25, -0.2) is 9.37 Å². The predicted molar refractivity (Wildman–Crippen MR) is 104 cm³/mol. The maximum atomic E-state index is 13.0. The summed E-state index contributed by atoms with van der Waals surface area (Å²) >= 11 is 0. The summed E-state index contributed by atoms with van der Waals surface area (Å²) in [6.45, 7) is 0.182. The van der Waals surface area contributed by atoms with Gasteiger partial charge >= 0.3 is 0 Å². The molecule has 1 amide bonds. The standard InChI is InChI=1S/C22H16FN3O2/c23-16-10-8-14(9-11-16)13-25-22(28)20-21(27)19-17(7-4-12-24-19)18(26-20)15-5-2-1-3-6-15/h1-12,27H,13H2,(H,25,28). The van der Waals surface area contributed by atoms with Gasteiger partial charge in [-0.1, -0.05) is 42.5 Å². The van der Waals surface area contributed by atoms with Crippen molar-refractivity contribution in [3.8, 4) is 17.0 Å². The number of pyridine rings is 2. The first-order valence-corrected chi connectivity index (χ1v) is 8.69. The van der Waals surface area contributed by atoms with Gasteiger partial charge in [-0.15, -0.1) is 0 Å². The quantitative estimate of drug-likeness (QED) is 0.565. The lowest BCUT2D eigenvalue weighted by atomic mass is 10.0. The van der Waals surface area contributed by atoms with E-state index in [1.807, 2.05) is 30.3 Å². The van der Waals surface area contributed by atoms with Gasteiger partial charge in [0.2, 0.25) is 0 Å². The molecule has 0 saturated heterocycles. The molecule has 2 aromatic carbocycles. The molecule has 0 spiro atoms. The third kappa shape index (κ3) is 3.40. The number of rotatable bonds is 4. The monoisotopic (exact) mass is 373 g/mol. The Hall–Kier alpha value is -3.80. The summed E-state index contributed by atoms with van der Waals surface area (Å²) < 4.78 is 13.0. The number of hydrogen-bond acceptors (Lipinski definition) is 4. The van der Waals surface area contributed by atoms with Crippen molar-refractivity contribution in [1.82, 2.24) is 15.3 Å². The van der Waals surface area contributed by atoms with Crippen LogP contribution in [-0.2, 0) is 6.54 Å². The molecule has 2 aromatic heterocycles. The van der Waals surface area contributed by atoms with Crippen molar-refractivity contribution in [2.45, 2.75) is 6.54 Å². The van der Waals surface area contributed by atoms with Crippen LogP contribution in [0.2, 0.25) is 0 Å². The van der Waals surface area contributed by atoms with Gasteiger partial charge in [-0.3, -0.25) is 9.78 Å². The molecule has 0 bridgehead atoms. The van der Waals surface area contributed by atoms with Crippen LogP contribution >= 0.6 is 0 Å². The number of amides is 1. The van der Waals surface area contributed by atoms with Gasteiger partial charge in [0.1, 0.15) is 11.3 Å². The molecule has 0 radical (unpaired) electrons. The summed E-state index contributed by atoms with van der Waals surface area (Å²) in [5.74, 6) is -1.15. The summed E-state index contributed by atoms with van der Waals surface area (Å²) in [6, 6.07) is 18.8. The molecule has 0 unspecified atom stereocenters. The number of aromatic nitrogens is 2. The first-order chi connectivity index (χ1) is 13.6. The number of aromatic hydroxyl groups is 1. The molecule has 4 rings (SSSR count). The summed E-state index contributed by atoms with van der Waals surface area (Å²) in [4.78, 5) is 21.4. The van der Waals surface area contributed by atoms with Crippen molar-refractivity contribution in [1.29, 1.82) is 0 Å². The predicted octanol–water partition coefficient (Wildman–Crippen LogP) is 4.07. The van der Waals surface area contributed by atoms with E-state index in [1.165, 1.54) is 12.1 Å². The van der Waals surface area contributed by atoms with Crippen LogP contribution in [0.15, 0.2) is 72.9 Å². The maximum absolute atomic E-state index is 13.0. The van der Waals surface area contributed by atoms with Gasteiger partial charge in [0.15, 0.2) is 11.4 Å². The van der Waals surface area contributed by atoms with E-state index in [1.54, 1.807) is 30.5 Å². The zero-order valence-corrected chi connectivity index (χ0v) is 14.8. The molecule has 6 heteroatoms. The van der Waals surface area contributed by atoms with Crippen LogP contribution < -0.4 is 5.32 Å². The van der Waals surface area contributed by atoms with Crippen LogP contribution in [0.5, 0.6) is 5.75 Å². The van der Waals surface area contributed by atoms with E-state index in [0.29, 0.717) is 16.6 Å². The largest absolute Gasteiger partial charge is 0.504 e. The molecule has 0 saturated carbocycles. The minimum atomic E-state index is -0.536. The third-order valence-electron chi connectivity index (χ3n) is 4.36. The Balaban J connectivity index is 1.73. The van der Waals surface area contributed by atoms with Gasteiger partial charge in [-0.2, -0.15) is 0 Å². The van der Waals surface area contributed by atoms with Crippen molar-refractivity contribution >= 4 is 16.8 Å². The zero-order valence-electron chi connectivity index (χ0n) is 14.8. The second kappa shape index (κ2) is 7.44. The van der Waals surface area contributed by atoms with Crippen LogP contribution in [0.3, 0.4) is 0 Å². The average molecular weight is 373 g/mol. The number of nitrogens with one attached hydrogen (secondary N) is 1. The average Bonchev–Trinajstić information content (AvgIpc) is 2.74. The SMILES string of the molecule is O=C(NCc1ccc(F)cc1)c1nc(-c2ccccc2)c2cccnc2c1O. The molecule has 138 valence electrons. The number of benzene rings is 2. The van der Waals surface area contributed by atoms with Crippen molar-refractivity contribution in [2.75, 3.05) is 0 Å². The topological polar surface area (TPSA) is 75.1 Å². The zero-order chi connectivity index (χ0) is 19.5. The lowest BCUT2D eigenvalue weighted by Gasteiger charge is -2.12. The highest BCUT2D eigenvalue weighted by Crippen LogP contribution is 2.33. The van der Waals surface area contributed by atoms with Crippen LogP contribution in [0.4, 0.5) is 4.39 Å². The first kappa shape index (κ1) is 17.6. The molecule has 5 nitrogen and oxygen atoms in total. The van der Waals surface area contributed by atoms with Crippen LogP contribution in [0.25, 0.3) is 22.2 Å². The molecular weight excluding hydrogens is 357 g/mol. The van der Waals surface area contributed by atoms with Crippen molar-refractivity contribution < 1.29 is 14.3 Å². The second-order valence-corrected chi connectivity index (χ2v) is 6.23. The molecule has 0 atom stereocenters. The third-order valence-corrected chi connectivity index (χ3v) is 4.36. The highest BCUT2D eigenvalue weighted by molar-refractivity contribution is 6.04. The maximum Gasteiger partial charge on any atom is 0.274 e. The Morgan fingerprint density at radius 2 is 1.75 bits per heavy atom. The Morgan fingerprint density at radius 3 is 2.50 bits per heavy atom. The smallest absolute Gasteiger partial charge is 0.274 e. The summed E-state index contributed by atoms with van der Waals surface area (Å²) in [7, 11) is 0. The summed E-state index contributed by atoms with van der Waals surface area (Å²) in [5.41, 5.74) is 2.31. The first-order valence-electron chi connectivity index (χ1n) is 8.69. The van der Waals surface area contributed by atoms with Crippen LogP contribution in [0, 0.1) is 5.82 Å². The van der Waals surface area contributed by atoms with Crippen molar-refractivity contribution in [3.63, 3.8) is 0 Å². The lowest BCUT2D eigenvalue weighted by molar-refractivity contribution is 0.0943. The molecule has 0 aliphatic heterocycles. The number of carbonyl (C=O) groups excluding carboxylic acids is 1. The molecule has 0 aliphatic rings. The highest BCUT2D eigenvalue weighted by Gasteiger charge is 2.20. The summed E-state index contributed by atoms with van der Waals surface area (Å²) in [5, 5.41) is 14.0. The minimum Gasteiger partial charge on any atom is -0.504 e. The Morgan fingerprint density at radius 1 is 1.00 bits per heavy atom. The highest BCUT2D eigenvalue weighted by atomic mass is 19.1. The minimum absolute atomic E-state index is 0.104. The number of carbonyl (C=O) groups is 1. The molecule has 2 heterocycles. The molecule has 28 heavy (non-hydrogen) atoms. The van der Waals surface area contributed by atoms with Crippen LogP contribution in [0.1, 0.15) is 16.1 Å². The molecule has 0 fully saturated rings. The van der Waals surface area contributed by atoms with Crippen molar-refractivity contribution in [2.24, 2.45) is 0 Å². The van der Waals surface area contributed by atoms with E-state index in [9.17, 15) is 14.3 Å². The van der Waals surface area contributed by atoms with Crippen LogP contribution in [-0.4, -0.2) is 21.0 Å². The van der Waals surface area contributed by atoms with Gasteiger partial charge in [0.05, 0.1) is 5.69 Å². The summed E-state index contributed by atoms with van der Waals surface area (Å²) in [6.07, 6.45) is 1.55. The van der Waals surface area contributed by atoms with E-state index in [0.717, 1.165) is 11.1 Å². The fraction of sp³-hybridized carbons (Fsp3) is 0.0455. The van der Waals surface area contributed by atoms with Gasteiger partial charge < -0.3 is 10.4 Å². The molecular formula is C22H16FN3O2. The lowest BCUT2D eigenvalue weighted by Crippen LogP contribution is -2.24. The number of nitrogens with zero attached hydrogens (tertiary/aromatic N) is 2. The molecule has 4 aromatic rings. The fourth-order valence-corrected chi connectivity index (χ4v) is 2.96. The normalized spacial score (nSPS) is 10.8. The number of fused-ring (bicyclic) bond motifs is 1. The van der Waals surface area contributed by atoms with Crippen molar-refractivity contribution in [3.05, 3.63) is 90.0 Å². The number of hydrogen-bond donors (Lipinski definition) is 2. The Kier molecular flexibility index (Phi) is 4.68. The van der Waals surface area contributed by atoms with Gasteiger partial charge in [0.25, 0.3) is 5.91 Å². The van der Waals surface area contributed by atoms with E-state index in [-0.39, 0.29) is 23.8 Å². The Bertz CT molecular complexity index is 1150. The van der Waals surface area contributed by atoms with Gasteiger partial charge in [0, 0.05) is 23.7 Å². The van der Waals surface area contributed by atoms with E-state index >= 15 is 0 Å². The fourth-order valence-electron chi connectivity index (χ4n) is 2.96. The molecule has 2 N–H and O–H groups in total. The molecule has 0 aliphatic carbocycles. The van der Waals surface area contributed by atoms with E-state index < -0.39 is 5.91 Å². The van der Waals surface area contributed by atoms with E-state index in [2.05, 4.69) is 15.3 Å². The second-order valence-electron chi connectivity index (χ2n) is 6.23. The van der Waals surface area contributed by atoms with E-state index in [4.69, 9.17) is 0 Å². The Labute approximate surface area is 160 Å².